The molecular formula is C39H48N6O8Si. The van der Waals surface area contributed by atoms with Crippen LogP contribution < -0.4 is 15.5 Å². The molecule has 3 amide bonds. The molecule has 1 saturated heterocycles. The van der Waals surface area contributed by atoms with Gasteiger partial charge in [0.1, 0.15) is 12.2 Å². The van der Waals surface area contributed by atoms with Gasteiger partial charge in [0.25, 0.3) is 17.7 Å². The van der Waals surface area contributed by atoms with Gasteiger partial charge >= 0.3 is 0 Å². The van der Waals surface area contributed by atoms with E-state index in [0.29, 0.717) is 46.8 Å². The number of carbonyl (C=O) groups is 3. The van der Waals surface area contributed by atoms with Crippen molar-refractivity contribution in [1.82, 2.24) is 15.0 Å². The first kappa shape index (κ1) is 38.9. The summed E-state index contributed by atoms with van der Waals surface area (Å²) in [6.07, 6.45) is -0.832. The van der Waals surface area contributed by atoms with Gasteiger partial charge in [0.05, 0.1) is 36.6 Å². The van der Waals surface area contributed by atoms with Crippen molar-refractivity contribution in [3.63, 3.8) is 0 Å². The lowest BCUT2D eigenvalue weighted by Gasteiger charge is -2.32. The number of carbonyl (C=O) groups excluding carboxylic acids is 3. The average Bonchev–Trinajstić information content (AvgIpc) is 3.78. The van der Waals surface area contributed by atoms with Crippen molar-refractivity contribution in [2.75, 3.05) is 22.1 Å². The van der Waals surface area contributed by atoms with Gasteiger partial charge in [-0.2, -0.15) is 0 Å². The highest BCUT2D eigenvalue weighted by Gasteiger charge is 2.66. The number of hydrogen-bond acceptors (Lipinski definition) is 10. The fraction of sp³-hybridized carbons (Fsp3) is 0.410. The fourth-order valence-corrected chi connectivity index (χ4v) is 10.5. The number of benzene rings is 3. The van der Waals surface area contributed by atoms with Crippen LogP contribution in [0.2, 0.25) is 18.6 Å². The van der Waals surface area contributed by atoms with E-state index in [-0.39, 0.29) is 30.5 Å². The SMILES string of the molecule is C[C@H](O)C(=O)Nc1cccc(CN2C(=O)[C@]3(O[C@H](CCn4cc(C(CO)c5ccccc5)nn4)[C@@H]([Si](C)(C)O)[C@@H]3C)c3cc(NC(=O)[C@H](C)O)ccc32)c1. The number of ether oxygens (including phenoxy) is 1. The van der Waals surface area contributed by atoms with Gasteiger partial charge < -0.3 is 40.4 Å². The van der Waals surface area contributed by atoms with Crippen LogP contribution in [0.15, 0.2) is 79.0 Å². The number of aromatic nitrogens is 3. The summed E-state index contributed by atoms with van der Waals surface area (Å²) in [6.45, 7) is 8.69. The minimum absolute atomic E-state index is 0.117. The third-order valence-electron chi connectivity index (χ3n) is 10.5. The predicted molar refractivity (Wildman–Crippen MR) is 204 cm³/mol. The molecule has 15 heteroatoms. The Kier molecular flexibility index (Phi) is 11.2. The molecule has 0 bridgehead atoms. The second-order valence-electron chi connectivity index (χ2n) is 14.9. The Bertz CT molecular complexity index is 2000. The van der Waals surface area contributed by atoms with Crippen molar-refractivity contribution in [2.45, 2.75) is 88.7 Å². The summed E-state index contributed by atoms with van der Waals surface area (Å²) in [6, 6.07) is 21.7. The quantitative estimate of drug-likeness (QED) is 0.110. The second-order valence-corrected chi connectivity index (χ2v) is 18.8. The smallest absolute Gasteiger partial charge is 0.264 e. The molecule has 3 aromatic carbocycles. The largest absolute Gasteiger partial charge is 0.432 e. The number of aliphatic hydroxyl groups is 3. The Balaban J connectivity index is 1.34. The van der Waals surface area contributed by atoms with Gasteiger partial charge in [-0.15, -0.1) is 5.10 Å². The maximum atomic E-state index is 15.0. The van der Waals surface area contributed by atoms with Crippen molar-refractivity contribution in [3.05, 3.63) is 101 Å². The molecule has 6 N–H and O–H groups in total. The van der Waals surface area contributed by atoms with Gasteiger partial charge in [-0.05, 0) is 74.8 Å². The zero-order valence-corrected chi connectivity index (χ0v) is 32.0. The molecule has 0 saturated carbocycles. The van der Waals surface area contributed by atoms with Crippen LogP contribution >= 0.6 is 0 Å². The normalized spacial score (nSPS) is 22.6. The molecule has 4 aromatic rings. The third-order valence-corrected chi connectivity index (χ3v) is 13.0. The van der Waals surface area contributed by atoms with Gasteiger partial charge in [-0.1, -0.05) is 54.6 Å². The summed E-state index contributed by atoms with van der Waals surface area (Å²) in [5.41, 5.74) is 2.25. The number of hydrogen-bond donors (Lipinski definition) is 6. The van der Waals surface area contributed by atoms with Crippen LogP contribution in [0, 0.1) is 5.92 Å². The molecule has 2 aliphatic heterocycles. The van der Waals surface area contributed by atoms with Crippen molar-refractivity contribution >= 4 is 43.1 Å². The van der Waals surface area contributed by atoms with E-state index < -0.39 is 50.0 Å². The molecule has 6 rings (SSSR count). The molecule has 0 aliphatic carbocycles. The number of nitrogens with one attached hydrogen (secondary N) is 2. The molecule has 54 heavy (non-hydrogen) atoms. The summed E-state index contributed by atoms with van der Waals surface area (Å²) in [4.78, 5) is 53.1. The number of fused-ring (bicyclic) bond motifs is 2. The van der Waals surface area contributed by atoms with Crippen LogP contribution in [0.1, 0.15) is 55.5 Å². The average molecular weight is 757 g/mol. The maximum Gasteiger partial charge on any atom is 0.264 e. The standard InChI is InChI=1S/C39H48N6O8Si/c1-23-35(54(4,5)52)34(16-17-44-21-32(42-43-44)30(22-46)27-11-7-6-8-12-27)53-39(23)31-19-29(41-37(50)25(3)48)14-15-33(31)45(38(39)51)20-26-10-9-13-28(18-26)40-36(49)24(2)47/h6-15,18-19,21,23-25,30,34-35,46-48,52H,16-17,20,22H2,1-5H3,(H,40,49)(H,41,50)/t23-,24-,25-,30?,34+,35-,39+/m0/s1. The summed E-state index contributed by atoms with van der Waals surface area (Å²) in [5.74, 6) is -2.34. The van der Waals surface area contributed by atoms with E-state index >= 15 is 0 Å². The lowest BCUT2D eigenvalue weighted by atomic mass is 9.82. The van der Waals surface area contributed by atoms with Crippen LogP contribution in [0.25, 0.3) is 0 Å². The van der Waals surface area contributed by atoms with E-state index in [1.165, 1.54) is 13.8 Å². The molecule has 286 valence electrons. The minimum atomic E-state index is -3.02. The molecule has 14 nitrogen and oxygen atoms in total. The van der Waals surface area contributed by atoms with E-state index in [1.807, 2.05) is 56.4 Å². The second kappa shape index (κ2) is 15.5. The van der Waals surface area contributed by atoms with Crippen molar-refractivity contribution in [2.24, 2.45) is 5.92 Å². The van der Waals surface area contributed by atoms with Crippen LogP contribution in [-0.4, -0.2) is 86.1 Å². The first-order valence-electron chi connectivity index (χ1n) is 18.1. The highest BCUT2D eigenvalue weighted by molar-refractivity contribution is 6.71. The van der Waals surface area contributed by atoms with Crippen molar-refractivity contribution < 1.29 is 39.2 Å². The van der Waals surface area contributed by atoms with Crippen molar-refractivity contribution in [3.8, 4) is 0 Å². The zero-order chi connectivity index (χ0) is 38.9. The van der Waals surface area contributed by atoms with Crippen LogP contribution in [0.4, 0.5) is 17.1 Å². The Labute approximate surface area is 314 Å². The van der Waals surface area contributed by atoms with Crippen LogP contribution in [0.5, 0.6) is 0 Å². The molecule has 3 heterocycles. The first-order chi connectivity index (χ1) is 25.6. The number of anilines is 3. The molecule has 7 atom stereocenters. The molecular weight excluding hydrogens is 709 g/mol. The molecule has 1 aromatic heterocycles. The summed E-state index contributed by atoms with van der Waals surface area (Å²) in [7, 11) is -3.02. The minimum Gasteiger partial charge on any atom is -0.432 e. The van der Waals surface area contributed by atoms with E-state index in [1.54, 1.807) is 52.2 Å². The summed E-state index contributed by atoms with van der Waals surface area (Å²) >= 11 is 0. The molecule has 2 aliphatic rings. The number of rotatable bonds is 13. The fourth-order valence-electron chi connectivity index (χ4n) is 7.90. The summed E-state index contributed by atoms with van der Waals surface area (Å²) in [5, 5.41) is 43.9. The number of aliphatic hydroxyl groups excluding tert-OH is 3. The van der Waals surface area contributed by atoms with Crippen LogP contribution in [0.3, 0.4) is 0 Å². The number of aryl methyl sites for hydroxylation is 1. The topological polar surface area (TPSA) is 199 Å². The monoisotopic (exact) mass is 756 g/mol. The lowest BCUT2D eigenvalue weighted by molar-refractivity contribution is -0.146. The number of amides is 3. The van der Waals surface area contributed by atoms with Gasteiger partial charge in [-0.3, -0.25) is 19.1 Å². The Hall–Kier alpha value is -4.77. The molecule has 1 fully saturated rings. The molecule has 1 unspecified atom stereocenters. The van der Waals surface area contributed by atoms with Crippen molar-refractivity contribution in [1.29, 1.82) is 0 Å². The van der Waals surface area contributed by atoms with E-state index in [2.05, 4.69) is 20.9 Å². The van der Waals surface area contributed by atoms with E-state index in [9.17, 15) is 34.5 Å². The zero-order valence-electron chi connectivity index (χ0n) is 31.0. The van der Waals surface area contributed by atoms with Crippen LogP contribution in [-0.2, 0) is 37.8 Å². The lowest BCUT2D eigenvalue weighted by Crippen LogP contribution is -2.46. The molecule has 1 spiro atoms. The predicted octanol–water partition coefficient (Wildman–Crippen LogP) is 3.48. The van der Waals surface area contributed by atoms with Gasteiger partial charge in [-0.25, -0.2) is 0 Å². The summed E-state index contributed by atoms with van der Waals surface area (Å²) < 4.78 is 8.67. The Morgan fingerprint density at radius 1 is 0.963 bits per heavy atom. The Morgan fingerprint density at radius 2 is 1.63 bits per heavy atom. The highest BCUT2D eigenvalue weighted by atomic mass is 28.4. The Morgan fingerprint density at radius 3 is 2.26 bits per heavy atom. The van der Waals surface area contributed by atoms with Gasteiger partial charge in [0.15, 0.2) is 13.9 Å². The third kappa shape index (κ3) is 7.60. The van der Waals surface area contributed by atoms with E-state index in [4.69, 9.17) is 4.74 Å². The maximum absolute atomic E-state index is 15.0. The highest BCUT2D eigenvalue weighted by Crippen LogP contribution is 2.60. The van der Waals surface area contributed by atoms with E-state index in [0.717, 1.165) is 5.56 Å². The molecule has 0 radical (unpaired) electrons. The van der Waals surface area contributed by atoms with Gasteiger partial charge in [0.2, 0.25) is 0 Å². The number of nitrogens with zero attached hydrogens (tertiary/aromatic N) is 4. The first-order valence-corrected chi connectivity index (χ1v) is 21.2. The van der Waals surface area contributed by atoms with Gasteiger partial charge in [0, 0.05) is 41.1 Å².